The normalized spacial score (nSPS) is 11.2. The van der Waals surface area contributed by atoms with E-state index in [1.165, 1.54) is 18.4 Å². The lowest BCUT2D eigenvalue weighted by Gasteiger charge is -2.09. The molecular weight excluding hydrogens is 270 g/mol. The number of hydrogen-bond acceptors (Lipinski definition) is 3. The summed E-state index contributed by atoms with van der Waals surface area (Å²) < 4.78 is 0. The molecule has 0 aliphatic rings. The lowest BCUT2D eigenvalue weighted by Crippen LogP contribution is -2.43. The van der Waals surface area contributed by atoms with Gasteiger partial charge in [-0.05, 0) is 42.8 Å². The van der Waals surface area contributed by atoms with Gasteiger partial charge in [-0.1, -0.05) is 19.8 Å². The number of rotatable bonds is 7. The maximum Gasteiger partial charge on any atom is 0.194 e. The molecule has 0 saturated heterocycles. The topological polar surface area (TPSA) is 75.3 Å². The van der Waals surface area contributed by atoms with Crippen LogP contribution in [-0.4, -0.2) is 29.1 Å². The van der Waals surface area contributed by atoms with Gasteiger partial charge in [0.15, 0.2) is 11.1 Å². The first-order valence-electron chi connectivity index (χ1n) is 6.96. The van der Waals surface area contributed by atoms with Gasteiger partial charge in [-0.2, -0.15) is 0 Å². The predicted molar refractivity (Wildman–Crippen MR) is 87.7 cm³/mol. The van der Waals surface area contributed by atoms with Crippen molar-refractivity contribution in [1.82, 2.24) is 15.6 Å². The second kappa shape index (κ2) is 10.1. The van der Waals surface area contributed by atoms with Crippen LogP contribution in [0.2, 0.25) is 0 Å². The van der Waals surface area contributed by atoms with Crippen LogP contribution in [0.15, 0.2) is 29.5 Å². The first-order valence-corrected chi connectivity index (χ1v) is 7.37. The zero-order chi connectivity index (χ0) is 14.6. The zero-order valence-electron chi connectivity index (χ0n) is 11.9. The van der Waals surface area contributed by atoms with E-state index in [0.717, 1.165) is 25.9 Å². The van der Waals surface area contributed by atoms with Gasteiger partial charge in [-0.15, -0.1) is 0 Å². The standard InChI is InChI=1S/C14H23N5S/c1-2-3-4-8-17-13(15)19-14(20)18-11-7-12-5-9-16-10-6-12/h5-6,9-10H,2-4,7-8,11H2,1H3,(H4,15,17,18,19,20). The van der Waals surface area contributed by atoms with E-state index in [1.807, 2.05) is 12.1 Å². The molecule has 6 heteroatoms. The van der Waals surface area contributed by atoms with E-state index >= 15 is 0 Å². The lowest BCUT2D eigenvalue weighted by molar-refractivity contribution is 0.726. The van der Waals surface area contributed by atoms with Crippen LogP contribution < -0.4 is 16.4 Å². The Hall–Kier alpha value is -1.69. The summed E-state index contributed by atoms with van der Waals surface area (Å²) in [5.74, 6) is 0.377. The quantitative estimate of drug-likeness (QED) is 0.308. The molecule has 0 spiro atoms. The SMILES string of the molecule is CCCCCN=C(N)NC(=S)NCCc1ccncc1. The molecule has 20 heavy (non-hydrogen) atoms. The van der Waals surface area contributed by atoms with Gasteiger partial charge in [-0.3, -0.25) is 9.98 Å². The van der Waals surface area contributed by atoms with Crippen molar-refractivity contribution >= 4 is 23.3 Å². The molecule has 0 radical (unpaired) electrons. The number of nitrogens with zero attached hydrogens (tertiary/aromatic N) is 2. The van der Waals surface area contributed by atoms with E-state index in [9.17, 15) is 0 Å². The van der Waals surface area contributed by atoms with Crippen LogP contribution in [0.1, 0.15) is 31.7 Å². The van der Waals surface area contributed by atoms with E-state index in [4.69, 9.17) is 18.0 Å². The number of guanidine groups is 1. The Labute approximate surface area is 126 Å². The number of unbranched alkanes of at least 4 members (excludes halogenated alkanes) is 2. The van der Waals surface area contributed by atoms with Crippen LogP contribution >= 0.6 is 12.2 Å². The van der Waals surface area contributed by atoms with Crippen LogP contribution in [0, 0.1) is 0 Å². The van der Waals surface area contributed by atoms with Gasteiger partial charge in [-0.25, -0.2) is 0 Å². The van der Waals surface area contributed by atoms with Crippen molar-refractivity contribution in [1.29, 1.82) is 0 Å². The second-order valence-electron chi connectivity index (χ2n) is 4.46. The summed E-state index contributed by atoms with van der Waals surface area (Å²) >= 11 is 5.15. The number of aliphatic imine (C=N–C) groups is 1. The Morgan fingerprint density at radius 2 is 2.10 bits per heavy atom. The number of pyridine rings is 1. The van der Waals surface area contributed by atoms with Crippen molar-refractivity contribution < 1.29 is 0 Å². The first kappa shape index (κ1) is 16.4. The van der Waals surface area contributed by atoms with Crippen molar-refractivity contribution in [3.8, 4) is 0 Å². The number of aromatic nitrogens is 1. The smallest absolute Gasteiger partial charge is 0.194 e. The minimum absolute atomic E-state index is 0.377. The first-order chi connectivity index (χ1) is 9.72. The minimum atomic E-state index is 0.377. The molecule has 1 aromatic rings. The molecule has 110 valence electrons. The molecule has 1 heterocycles. The van der Waals surface area contributed by atoms with Gasteiger partial charge >= 0.3 is 0 Å². The second-order valence-corrected chi connectivity index (χ2v) is 4.87. The average molecular weight is 293 g/mol. The highest BCUT2D eigenvalue weighted by Crippen LogP contribution is 1.96. The summed E-state index contributed by atoms with van der Waals surface area (Å²) in [6.07, 6.45) is 7.86. The highest BCUT2D eigenvalue weighted by molar-refractivity contribution is 7.80. The van der Waals surface area contributed by atoms with Crippen LogP contribution in [0.4, 0.5) is 0 Å². The van der Waals surface area contributed by atoms with Crippen LogP contribution in [0.3, 0.4) is 0 Å². The summed E-state index contributed by atoms with van der Waals surface area (Å²) in [5.41, 5.74) is 6.96. The molecule has 0 aliphatic carbocycles. The largest absolute Gasteiger partial charge is 0.370 e. The zero-order valence-corrected chi connectivity index (χ0v) is 12.7. The number of thiocarbonyl (C=S) groups is 1. The van der Waals surface area contributed by atoms with Gasteiger partial charge in [0, 0.05) is 25.5 Å². The fourth-order valence-corrected chi connectivity index (χ4v) is 1.84. The van der Waals surface area contributed by atoms with Crippen molar-refractivity contribution in [2.75, 3.05) is 13.1 Å². The molecule has 0 saturated carbocycles. The summed E-state index contributed by atoms with van der Waals surface area (Å²) in [7, 11) is 0. The van der Waals surface area contributed by atoms with Crippen LogP contribution in [0.25, 0.3) is 0 Å². The molecule has 1 aromatic heterocycles. The fraction of sp³-hybridized carbons (Fsp3) is 0.500. The van der Waals surface area contributed by atoms with E-state index in [-0.39, 0.29) is 0 Å². The van der Waals surface area contributed by atoms with Gasteiger partial charge < -0.3 is 16.4 Å². The van der Waals surface area contributed by atoms with Gasteiger partial charge in [0.2, 0.25) is 0 Å². The van der Waals surface area contributed by atoms with Crippen LogP contribution in [-0.2, 0) is 6.42 Å². The molecular formula is C14H23N5S. The highest BCUT2D eigenvalue weighted by Gasteiger charge is 1.98. The molecule has 0 fully saturated rings. The van der Waals surface area contributed by atoms with Gasteiger partial charge in [0.25, 0.3) is 0 Å². The lowest BCUT2D eigenvalue weighted by atomic mass is 10.2. The molecule has 5 nitrogen and oxygen atoms in total. The average Bonchev–Trinajstić information content (AvgIpc) is 2.45. The maximum absolute atomic E-state index is 5.74. The molecule has 0 amide bonds. The Kier molecular flexibility index (Phi) is 8.30. The Morgan fingerprint density at radius 3 is 2.80 bits per heavy atom. The molecule has 0 aromatic carbocycles. The highest BCUT2D eigenvalue weighted by atomic mass is 32.1. The molecule has 0 atom stereocenters. The van der Waals surface area contributed by atoms with Gasteiger partial charge in [0.05, 0.1) is 0 Å². The summed E-state index contributed by atoms with van der Waals surface area (Å²) in [6, 6.07) is 3.98. The Balaban J connectivity index is 2.16. The third-order valence-electron chi connectivity index (χ3n) is 2.73. The van der Waals surface area contributed by atoms with E-state index in [0.29, 0.717) is 11.1 Å². The summed E-state index contributed by atoms with van der Waals surface area (Å²) in [4.78, 5) is 8.19. The molecule has 4 N–H and O–H groups in total. The number of nitrogens with two attached hydrogens (primary N) is 1. The van der Waals surface area contributed by atoms with Gasteiger partial charge in [0.1, 0.15) is 0 Å². The molecule has 1 rings (SSSR count). The number of hydrogen-bond donors (Lipinski definition) is 3. The number of nitrogens with one attached hydrogen (secondary N) is 2. The van der Waals surface area contributed by atoms with Crippen molar-refractivity contribution in [2.24, 2.45) is 10.7 Å². The van der Waals surface area contributed by atoms with E-state index < -0.39 is 0 Å². The Morgan fingerprint density at radius 1 is 1.35 bits per heavy atom. The fourth-order valence-electron chi connectivity index (χ4n) is 1.63. The summed E-state index contributed by atoms with van der Waals surface area (Å²) in [5, 5.41) is 6.49. The van der Waals surface area contributed by atoms with Crippen molar-refractivity contribution in [3.63, 3.8) is 0 Å². The monoisotopic (exact) mass is 293 g/mol. The molecule has 0 bridgehead atoms. The van der Waals surface area contributed by atoms with Crippen molar-refractivity contribution in [2.45, 2.75) is 32.6 Å². The third kappa shape index (κ3) is 7.68. The Bertz CT molecular complexity index is 419. The van der Waals surface area contributed by atoms with E-state index in [2.05, 4.69) is 27.5 Å². The maximum atomic E-state index is 5.74. The van der Waals surface area contributed by atoms with Crippen molar-refractivity contribution in [3.05, 3.63) is 30.1 Å². The summed E-state index contributed by atoms with van der Waals surface area (Å²) in [6.45, 7) is 3.65. The van der Waals surface area contributed by atoms with Crippen LogP contribution in [0.5, 0.6) is 0 Å². The van der Waals surface area contributed by atoms with E-state index in [1.54, 1.807) is 12.4 Å². The third-order valence-corrected chi connectivity index (χ3v) is 2.98. The predicted octanol–water partition coefficient (Wildman–Crippen LogP) is 1.59. The molecule has 0 aliphatic heterocycles. The minimum Gasteiger partial charge on any atom is -0.370 e. The molecule has 0 unspecified atom stereocenters.